The monoisotopic (exact) mass is 430 g/mol. The van der Waals surface area contributed by atoms with E-state index in [9.17, 15) is 4.39 Å². The van der Waals surface area contributed by atoms with E-state index in [1.165, 1.54) is 12.1 Å². The average molecular weight is 431 g/mol. The van der Waals surface area contributed by atoms with Crippen LogP contribution in [-0.4, -0.2) is 51.2 Å². The van der Waals surface area contributed by atoms with Crippen LogP contribution in [0.1, 0.15) is 25.9 Å². The molecule has 0 radical (unpaired) electrons. The summed E-state index contributed by atoms with van der Waals surface area (Å²) in [7, 11) is 0. The number of anilines is 1. The first-order valence-corrected chi connectivity index (χ1v) is 10.1. The summed E-state index contributed by atoms with van der Waals surface area (Å²) in [6, 6.07) is 12.5. The molecule has 1 aliphatic rings. The molecule has 0 saturated carbocycles. The Labute approximate surface area is 179 Å². The number of rotatable bonds is 5. The fourth-order valence-corrected chi connectivity index (χ4v) is 4.07. The minimum Gasteiger partial charge on any atom is -0.354 e. The second-order valence-electron chi connectivity index (χ2n) is 7.45. The van der Waals surface area contributed by atoms with Crippen molar-refractivity contribution in [2.24, 2.45) is 0 Å². The normalized spacial score (nSPS) is 16.1. The predicted molar refractivity (Wildman–Crippen MR) is 116 cm³/mol. The maximum Gasteiger partial charge on any atom is 0.180 e. The molecule has 158 valence electrons. The Morgan fingerprint density at radius 3 is 2.40 bits per heavy atom. The second kappa shape index (κ2) is 8.57. The third-order valence-electron chi connectivity index (χ3n) is 5.57. The second-order valence-corrected chi connectivity index (χ2v) is 7.45. The molecule has 0 spiro atoms. The van der Waals surface area contributed by atoms with Crippen molar-refractivity contribution < 1.29 is 8.91 Å². The maximum absolute atomic E-state index is 13.4. The Morgan fingerprint density at radius 1 is 1.03 bits per heavy atom. The summed E-state index contributed by atoms with van der Waals surface area (Å²) in [4.78, 5) is 6.51. The van der Waals surface area contributed by atoms with Gasteiger partial charge in [0.2, 0.25) is 0 Å². The third-order valence-corrected chi connectivity index (χ3v) is 5.57. The van der Waals surface area contributed by atoms with Gasteiger partial charge < -0.3 is 9.42 Å². The van der Waals surface area contributed by atoms with E-state index in [-0.39, 0.29) is 24.4 Å². The van der Waals surface area contributed by atoms with Gasteiger partial charge in [0.1, 0.15) is 23.0 Å². The van der Waals surface area contributed by atoms with Crippen molar-refractivity contribution in [2.45, 2.75) is 25.9 Å². The lowest BCUT2D eigenvalue weighted by atomic mass is 10.2. The van der Waals surface area contributed by atoms with E-state index in [1.807, 2.05) is 29.1 Å². The molecule has 1 fully saturated rings. The number of piperazine rings is 1. The number of benzene rings is 2. The molecular weight excluding hydrogens is 407 g/mol. The zero-order valence-electron chi connectivity index (χ0n) is 16.7. The van der Waals surface area contributed by atoms with E-state index in [1.54, 1.807) is 6.07 Å². The number of halogens is 2. The van der Waals surface area contributed by atoms with Gasteiger partial charge in [-0.3, -0.25) is 4.90 Å². The minimum absolute atomic E-state index is 0. The molecule has 1 saturated heterocycles. The minimum atomic E-state index is -0.313. The first kappa shape index (κ1) is 20.6. The number of hydrogen-bond donors (Lipinski definition) is 0. The van der Waals surface area contributed by atoms with Crippen molar-refractivity contribution >= 4 is 40.2 Å². The molecule has 4 aromatic rings. The first-order chi connectivity index (χ1) is 14.2. The lowest BCUT2D eigenvalue weighted by molar-refractivity contribution is 0.0981. The van der Waals surface area contributed by atoms with Crippen LogP contribution < -0.4 is 4.90 Å². The fraction of sp³-hybridized carbons (Fsp3) is 0.381. The van der Waals surface area contributed by atoms with Gasteiger partial charge in [0.15, 0.2) is 11.4 Å². The molecule has 9 heteroatoms. The molecule has 0 bridgehead atoms. The highest BCUT2D eigenvalue weighted by Crippen LogP contribution is 2.29. The Kier molecular flexibility index (Phi) is 5.87. The number of hydrogen-bond acceptors (Lipinski definition) is 6. The molecule has 0 amide bonds. The Bertz CT molecular complexity index is 1100. The van der Waals surface area contributed by atoms with Gasteiger partial charge in [-0.2, -0.15) is 15.0 Å². The molecule has 5 rings (SSSR count). The van der Waals surface area contributed by atoms with Gasteiger partial charge in [-0.15, -0.1) is 12.4 Å². The van der Waals surface area contributed by atoms with E-state index in [0.717, 1.165) is 61.3 Å². The van der Waals surface area contributed by atoms with E-state index in [0.29, 0.717) is 5.58 Å². The van der Waals surface area contributed by atoms with Crippen LogP contribution >= 0.6 is 12.4 Å². The predicted octanol–water partition coefficient (Wildman–Crippen LogP) is 4.25. The molecule has 1 unspecified atom stereocenters. The van der Waals surface area contributed by atoms with E-state index >= 15 is 0 Å². The molecular formula is C21H24ClFN6O. The van der Waals surface area contributed by atoms with Gasteiger partial charge in [-0.25, -0.2) is 4.39 Å². The maximum atomic E-state index is 13.4. The summed E-state index contributed by atoms with van der Waals surface area (Å²) >= 11 is 0. The van der Waals surface area contributed by atoms with Crippen LogP contribution in [0.3, 0.4) is 0 Å². The molecule has 1 atom stereocenters. The van der Waals surface area contributed by atoms with Crippen molar-refractivity contribution in [3.63, 3.8) is 0 Å². The number of aromatic nitrogens is 4. The average Bonchev–Trinajstić information content (AvgIpc) is 3.36. The van der Waals surface area contributed by atoms with Crippen molar-refractivity contribution in [3.05, 3.63) is 48.3 Å². The van der Waals surface area contributed by atoms with Crippen molar-refractivity contribution in [3.8, 4) is 0 Å². The van der Waals surface area contributed by atoms with E-state index in [2.05, 4.69) is 21.9 Å². The SMILES string of the molecule is CCCC(N1CCN(c2noc3cc(F)ccc23)CC1)n1nc2ccccc2n1.Cl. The lowest BCUT2D eigenvalue weighted by Crippen LogP contribution is -2.49. The Hall–Kier alpha value is -2.71. The highest BCUT2D eigenvalue weighted by Gasteiger charge is 2.28. The van der Waals surface area contributed by atoms with Crippen LogP contribution in [0.4, 0.5) is 10.2 Å². The molecule has 7 nitrogen and oxygen atoms in total. The standard InChI is InChI=1S/C21H23FN6O.ClH/c1-2-5-20(28-23-17-6-3-4-7-18(17)24-28)26-10-12-27(13-11-26)21-16-9-8-15(22)14-19(16)29-25-21;/h3-4,6-9,14,20H,2,5,10-13H2,1H3;1H. The van der Waals surface area contributed by atoms with Crippen LogP contribution in [0.5, 0.6) is 0 Å². The Morgan fingerprint density at radius 2 is 1.73 bits per heavy atom. The highest BCUT2D eigenvalue weighted by atomic mass is 35.5. The van der Waals surface area contributed by atoms with Crippen LogP contribution in [0.2, 0.25) is 0 Å². The molecule has 1 aliphatic heterocycles. The fourth-order valence-electron chi connectivity index (χ4n) is 4.07. The van der Waals surface area contributed by atoms with Crippen LogP contribution in [0.25, 0.3) is 22.0 Å². The topological polar surface area (TPSA) is 63.2 Å². The van der Waals surface area contributed by atoms with Crippen LogP contribution in [0, 0.1) is 5.82 Å². The number of fused-ring (bicyclic) bond motifs is 2. The molecule has 2 aromatic heterocycles. The van der Waals surface area contributed by atoms with Crippen LogP contribution in [-0.2, 0) is 0 Å². The summed E-state index contributed by atoms with van der Waals surface area (Å²) in [6.45, 7) is 5.57. The van der Waals surface area contributed by atoms with Crippen LogP contribution in [0.15, 0.2) is 47.0 Å². The van der Waals surface area contributed by atoms with Crippen molar-refractivity contribution in [1.29, 1.82) is 0 Å². The van der Waals surface area contributed by atoms with Gasteiger partial charge in [-0.1, -0.05) is 30.6 Å². The molecule has 30 heavy (non-hydrogen) atoms. The Balaban J connectivity index is 0.00000218. The van der Waals surface area contributed by atoms with Gasteiger partial charge >= 0.3 is 0 Å². The molecule has 3 heterocycles. The largest absolute Gasteiger partial charge is 0.354 e. The summed E-state index contributed by atoms with van der Waals surface area (Å²) < 4.78 is 18.7. The molecule has 0 N–H and O–H groups in total. The number of nitrogens with zero attached hydrogens (tertiary/aromatic N) is 6. The summed E-state index contributed by atoms with van der Waals surface area (Å²) in [5.41, 5.74) is 2.33. The lowest BCUT2D eigenvalue weighted by Gasteiger charge is -2.38. The first-order valence-electron chi connectivity index (χ1n) is 10.1. The van der Waals surface area contributed by atoms with Gasteiger partial charge in [-0.05, 0) is 30.7 Å². The van der Waals surface area contributed by atoms with E-state index in [4.69, 9.17) is 14.7 Å². The van der Waals surface area contributed by atoms with Gasteiger partial charge in [0.25, 0.3) is 0 Å². The third kappa shape index (κ3) is 3.73. The zero-order chi connectivity index (χ0) is 19.8. The summed E-state index contributed by atoms with van der Waals surface area (Å²) in [5, 5.41) is 14.5. The van der Waals surface area contributed by atoms with E-state index < -0.39 is 0 Å². The summed E-state index contributed by atoms with van der Waals surface area (Å²) in [6.07, 6.45) is 2.19. The summed E-state index contributed by atoms with van der Waals surface area (Å²) in [5.74, 6) is 0.473. The van der Waals surface area contributed by atoms with Gasteiger partial charge in [0, 0.05) is 32.2 Å². The van der Waals surface area contributed by atoms with Gasteiger partial charge in [0.05, 0.1) is 5.39 Å². The molecule has 2 aromatic carbocycles. The smallest absolute Gasteiger partial charge is 0.180 e. The van der Waals surface area contributed by atoms with Crippen molar-refractivity contribution in [1.82, 2.24) is 25.1 Å². The zero-order valence-corrected chi connectivity index (χ0v) is 17.6. The molecule has 0 aliphatic carbocycles. The quantitative estimate of drug-likeness (QED) is 0.471. The van der Waals surface area contributed by atoms with Crippen molar-refractivity contribution in [2.75, 3.05) is 31.1 Å². The highest BCUT2D eigenvalue weighted by molar-refractivity contribution is 5.88.